The second kappa shape index (κ2) is 48.1. The summed E-state index contributed by atoms with van der Waals surface area (Å²) in [7, 11) is 0. The minimum absolute atomic E-state index is 0.0904. The Kier molecular flexibility index (Phi) is 34.2. The molecule has 0 radical (unpaired) electrons. The quantitative estimate of drug-likeness (QED) is 0.0178. The summed E-state index contributed by atoms with van der Waals surface area (Å²) in [6, 6.07) is 98.0. The standard InChI is InChI=1S/C23H25NO5.C22H17NO2.C22H19NOS.C21H23NO2.C17H16N2O.C15H19NO3/c25-15-18-9-10-22-21(14-18)20(8-4-5-12-28-16-26)23(11-13-29-17-27)24(22)19-6-2-1-3-7-19;24-15-16-11-12-20-18(13-16)14-21(22(25)17-7-3-1-4-8-17)23(20)19-9-5-2-6-10-19;1-25-19-10-8-18(9-11-19)23-14-21(17-5-3-2-4-6-17)20-13-16(15-24)7-12-22(20)23;1-3-4-8-21(24)20-13-17-12-16(14-23)9-10-19(17)22(20)18-7-5-6-15(2)11-18;20-11-12-7-8-16-14(10-12)13-4-3-5-15(13)19(16)17-6-1-2-9-18-17;1-10-15(2,3)12-8-11(9-17)4-5-13(12)16(10)7-6-14(18)19/h1-3,6-7,9-10,14-17,20,23H,4-5,8,11-13H2;1-13,15,21H,14H2;2-13,15,21H,14H2,1H3;5-7,9-12,14,20H,3-4,8,13H2,1-2H3;1-2,6-11,13,15H,3-5H2;4-5,8-10H,6-7H2,1-3H3,(H,18,19). The molecule has 1 fully saturated rings. The molecule has 7 aliphatic rings. The van der Waals surface area contributed by atoms with E-state index in [-0.39, 0.29) is 59.4 Å². The number of carbonyl (C=O) groups is 11. The second-order valence-corrected chi connectivity index (χ2v) is 38.0. The van der Waals surface area contributed by atoms with Gasteiger partial charge in [0.2, 0.25) is 0 Å². The van der Waals surface area contributed by atoms with E-state index in [1.54, 1.807) is 23.9 Å². The van der Waals surface area contributed by atoms with E-state index < -0.39 is 5.97 Å². The molecule has 20 rings (SSSR count). The lowest BCUT2D eigenvalue weighted by Gasteiger charge is -2.31. The number of benzene rings is 12. The van der Waals surface area contributed by atoms with Crippen molar-refractivity contribution in [3.8, 4) is 0 Å². The highest BCUT2D eigenvalue weighted by atomic mass is 32.2. The monoisotopic (exact) mass is 1910 g/mol. The van der Waals surface area contributed by atoms with Crippen molar-refractivity contribution in [3.05, 3.63) is 387 Å². The van der Waals surface area contributed by atoms with Crippen LogP contribution in [0.25, 0.3) is 0 Å². The van der Waals surface area contributed by atoms with Crippen LogP contribution in [0, 0.1) is 6.92 Å². The zero-order chi connectivity index (χ0) is 99.8. The lowest BCUT2D eigenvalue weighted by molar-refractivity contribution is -0.137. The van der Waals surface area contributed by atoms with Crippen LogP contribution in [0.5, 0.6) is 0 Å². The van der Waals surface area contributed by atoms with E-state index in [1.807, 2.05) is 188 Å². The van der Waals surface area contributed by atoms with Gasteiger partial charge in [0.15, 0.2) is 11.6 Å². The molecule has 0 bridgehead atoms. The summed E-state index contributed by atoms with van der Waals surface area (Å²) in [6.45, 7) is 13.6. The smallest absolute Gasteiger partial charge is 0.305 e. The average molecular weight is 1920 g/mol. The lowest BCUT2D eigenvalue weighted by atomic mass is 9.81. The second-order valence-electron chi connectivity index (χ2n) is 37.1. The number of aryl methyl sites for hydroxylation is 1. The SMILES string of the molecule is CC1N(CCC(=O)O)c2ccc(C=O)cc2C1(C)C.CCCCC(=O)C1Cc2cc(C=O)ccc2N1c1cccc(C)c1.CSc1ccc(N2CC(c3ccccc3)c3cc(C=O)ccc32)cc1.O=COCCCCC1c2cc(C=O)ccc2N(c2ccccc2)C1CCOC=O.O=Cc1ccc2c(c1)C1CCCC1N2c1ccccn1.O=Cc1ccc2c(c1)CC(C(=O)c1ccccc1)N2c1ccccc1. The molecule has 0 saturated heterocycles. The fourth-order valence-electron chi connectivity index (χ4n) is 21.1. The number of para-hydroxylation sites is 2. The molecule has 1 N–H and O–H groups in total. The van der Waals surface area contributed by atoms with E-state index in [0.29, 0.717) is 98.2 Å². The molecule has 6 aliphatic heterocycles. The van der Waals surface area contributed by atoms with Gasteiger partial charge in [0.1, 0.15) is 49.6 Å². The van der Waals surface area contributed by atoms with Crippen LogP contribution in [-0.2, 0) is 46.9 Å². The summed E-state index contributed by atoms with van der Waals surface area (Å²) in [5.74, 6) is 1.60. The van der Waals surface area contributed by atoms with Crippen molar-refractivity contribution in [1.29, 1.82) is 0 Å². The van der Waals surface area contributed by atoms with Crippen LogP contribution < -0.4 is 29.4 Å². The van der Waals surface area contributed by atoms with Gasteiger partial charge in [0.05, 0.1) is 25.7 Å². The Labute approximate surface area is 834 Å². The van der Waals surface area contributed by atoms with Gasteiger partial charge >= 0.3 is 5.97 Å². The van der Waals surface area contributed by atoms with Crippen LogP contribution in [0.1, 0.15) is 233 Å². The third-order valence-corrected chi connectivity index (χ3v) is 29.0. The third kappa shape index (κ3) is 23.1. The molecule has 0 spiro atoms. The number of fused-ring (bicyclic) bond motifs is 8. The molecule has 1 aromatic heterocycles. The predicted octanol–water partition coefficient (Wildman–Crippen LogP) is 24.7. The van der Waals surface area contributed by atoms with Crippen molar-refractivity contribution in [3.63, 3.8) is 0 Å². The van der Waals surface area contributed by atoms with Gasteiger partial charge in [0, 0.05) is 187 Å². The molecule has 1 saturated carbocycles. The molecule has 12 aromatic carbocycles. The first-order valence-electron chi connectivity index (χ1n) is 48.7. The summed E-state index contributed by atoms with van der Waals surface area (Å²) in [5.41, 5.74) is 25.0. The van der Waals surface area contributed by atoms with Gasteiger partial charge in [-0.2, -0.15) is 0 Å². The Hall–Kier alpha value is -15.3. The maximum absolute atomic E-state index is 13.1. The minimum Gasteiger partial charge on any atom is -0.481 e. The number of anilines is 11. The zero-order valence-corrected chi connectivity index (χ0v) is 81.7. The normalized spacial score (nSPS) is 17.8. The fraction of sp³-hybridized carbons (Fsp3) is 0.267. The summed E-state index contributed by atoms with van der Waals surface area (Å²) in [6.07, 6.45) is 20.1. The van der Waals surface area contributed by atoms with E-state index in [2.05, 4.69) is 178 Å². The Morgan fingerprint density at radius 1 is 0.472 bits per heavy atom. The Balaban J connectivity index is 0.000000129. The first kappa shape index (κ1) is 101. The zero-order valence-electron chi connectivity index (χ0n) is 80.9. The van der Waals surface area contributed by atoms with E-state index in [4.69, 9.17) is 14.6 Å². The number of unbranched alkanes of at least 4 members (excludes halogenated alkanes) is 2. The largest absolute Gasteiger partial charge is 0.481 e. The summed E-state index contributed by atoms with van der Waals surface area (Å²) in [5, 5.41) is 8.85. The number of ketones is 2. The number of nitrogens with zero attached hydrogens (tertiary/aromatic N) is 7. The van der Waals surface area contributed by atoms with Crippen molar-refractivity contribution in [2.24, 2.45) is 0 Å². The van der Waals surface area contributed by atoms with Gasteiger partial charge < -0.3 is 44.0 Å². The Morgan fingerprint density at radius 3 is 1.57 bits per heavy atom. The third-order valence-electron chi connectivity index (χ3n) is 28.2. The predicted molar refractivity (Wildman–Crippen MR) is 563 cm³/mol. The number of hydrogen-bond acceptors (Lipinski definition) is 21. The summed E-state index contributed by atoms with van der Waals surface area (Å²) < 4.78 is 9.81. The number of ether oxygens (including phenoxy) is 2. The summed E-state index contributed by atoms with van der Waals surface area (Å²) in [4.78, 5) is 144. The highest BCUT2D eigenvalue weighted by Gasteiger charge is 2.46. The molecule has 142 heavy (non-hydrogen) atoms. The molecular weight excluding hydrogens is 1800 g/mol. The van der Waals surface area contributed by atoms with Crippen molar-refractivity contribution in [2.45, 2.75) is 176 Å². The number of aldehydes is 6. The number of hydrogen-bond donors (Lipinski definition) is 1. The number of rotatable bonds is 32. The molecule has 724 valence electrons. The highest BCUT2D eigenvalue weighted by molar-refractivity contribution is 7.98. The molecular formula is C120H119N7O14S. The molecule has 0 amide bonds. The van der Waals surface area contributed by atoms with Gasteiger partial charge in [-0.25, -0.2) is 4.98 Å². The van der Waals surface area contributed by atoms with Crippen LogP contribution in [0.3, 0.4) is 0 Å². The number of carbonyl (C=O) groups excluding carboxylic acids is 10. The van der Waals surface area contributed by atoms with Gasteiger partial charge in [-0.05, 0) is 285 Å². The van der Waals surface area contributed by atoms with E-state index in [9.17, 15) is 52.7 Å². The van der Waals surface area contributed by atoms with E-state index in [0.717, 1.165) is 155 Å². The first-order chi connectivity index (χ1) is 69.3. The first-order valence-corrected chi connectivity index (χ1v) is 50.0. The van der Waals surface area contributed by atoms with E-state index in [1.165, 1.54) is 63.5 Å². The lowest BCUT2D eigenvalue weighted by Crippen LogP contribution is -2.39. The van der Waals surface area contributed by atoms with E-state index >= 15 is 0 Å². The number of pyridine rings is 1. The fourth-order valence-corrected chi connectivity index (χ4v) is 21.5. The molecule has 13 aromatic rings. The maximum Gasteiger partial charge on any atom is 0.305 e. The summed E-state index contributed by atoms with van der Waals surface area (Å²) >= 11 is 1.75. The number of thioether (sulfide) groups is 1. The number of aliphatic carboxylic acids is 1. The Morgan fingerprint density at radius 2 is 0.993 bits per heavy atom. The van der Waals surface area contributed by atoms with Crippen LogP contribution in [0.15, 0.2) is 308 Å². The molecule has 22 heteroatoms. The molecule has 21 nitrogen and oxygen atoms in total. The number of Topliss-reactive ketones (excluding diaryl/α,β-unsaturated/α-hetero) is 2. The maximum atomic E-state index is 13.1. The number of carboxylic acid groups (broad SMARTS) is 1. The molecule has 1 aliphatic carbocycles. The van der Waals surface area contributed by atoms with Crippen LogP contribution >= 0.6 is 11.8 Å². The van der Waals surface area contributed by atoms with Gasteiger partial charge in [-0.15, -0.1) is 11.8 Å². The van der Waals surface area contributed by atoms with Crippen LogP contribution in [0.4, 0.5) is 62.7 Å². The van der Waals surface area contributed by atoms with Crippen molar-refractivity contribution < 1.29 is 67.3 Å². The molecule has 8 atom stereocenters. The van der Waals surface area contributed by atoms with Crippen molar-refractivity contribution in [1.82, 2.24) is 4.98 Å². The van der Waals surface area contributed by atoms with Gasteiger partial charge in [0.25, 0.3) is 12.9 Å². The average Bonchev–Trinajstić information content (AvgIpc) is 1.55. The van der Waals surface area contributed by atoms with Gasteiger partial charge in [-0.1, -0.05) is 149 Å². The molecule has 7 heterocycles. The minimum atomic E-state index is -0.789. The number of aromatic nitrogens is 1. The Bertz CT molecular complexity index is 6610. The van der Waals surface area contributed by atoms with Crippen molar-refractivity contribution in [2.75, 3.05) is 62.0 Å². The van der Waals surface area contributed by atoms with Crippen LogP contribution in [-0.4, -0.2) is 141 Å². The molecule has 8 unspecified atom stereocenters. The number of carboxylic acids is 1. The van der Waals surface area contributed by atoms with Gasteiger partial charge in [-0.3, -0.25) is 52.7 Å². The van der Waals surface area contributed by atoms with Crippen LogP contribution in [0.2, 0.25) is 0 Å². The topological polar surface area (TPSA) is 259 Å². The highest BCUT2D eigenvalue weighted by Crippen LogP contribution is 2.54. The van der Waals surface area contributed by atoms with Crippen molar-refractivity contribution >= 4 is 143 Å².